The van der Waals surface area contributed by atoms with Crippen molar-refractivity contribution in [1.82, 2.24) is 0 Å². The summed E-state index contributed by atoms with van der Waals surface area (Å²) in [7, 11) is 0. The number of nitrogens with zero attached hydrogens (tertiary/aromatic N) is 1. The van der Waals surface area contributed by atoms with E-state index in [0.717, 1.165) is 23.5 Å². The van der Waals surface area contributed by atoms with Gasteiger partial charge in [-0.15, -0.1) is 11.3 Å². The summed E-state index contributed by atoms with van der Waals surface area (Å²) in [5.74, 6) is 0.243. The molecule has 0 radical (unpaired) electrons. The van der Waals surface area contributed by atoms with Crippen molar-refractivity contribution in [3.63, 3.8) is 0 Å². The van der Waals surface area contributed by atoms with Crippen LogP contribution >= 0.6 is 11.3 Å². The molecule has 11 aromatic rings. The largest absolute Gasteiger partial charge is 0.310 e. The smallest absolute Gasteiger partial charge is 0.0720 e. The summed E-state index contributed by atoms with van der Waals surface area (Å²) in [4.78, 5) is 2.34. The van der Waals surface area contributed by atoms with Crippen LogP contribution in [0.15, 0.2) is 266 Å². The first kappa shape index (κ1) is 41.2. The van der Waals surface area contributed by atoms with E-state index in [-0.39, 0.29) is 5.92 Å². The highest BCUT2D eigenvalue weighted by Gasteiger charge is 2.59. The zero-order chi connectivity index (χ0) is 47.4. The van der Waals surface area contributed by atoms with Gasteiger partial charge in [0.25, 0.3) is 0 Å². The van der Waals surface area contributed by atoms with Gasteiger partial charge in [-0.25, -0.2) is 0 Å². The molecule has 0 N–H and O–H groups in total. The number of allylic oxidation sites excluding steroid dienone is 5. The minimum absolute atomic E-state index is 0.243. The van der Waals surface area contributed by atoms with E-state index in [0.29, 0.717) is 0 Å². The average Bonchev–Trinajstić information content (AvgIpc) is 4.09. The predicted octanol–water partition coefficient (Wildman–Crippen LogP) is 18.2. The van der Waals surface area contributed by atoms with Gasteiger partial charge in [-0.1, -0.05) is 225 Å². The Hall–Kier alpha value is -8.56. The molecule has 0 saturated heterocycles. The number of anilines is 3. The first-order valence-electron chi connectivity index (χ1n) is 25.3. The second-order valence-corrected chi connectivity index (χ2v) is 20.9. The van der Waals surface area contributed by atoms with E-state index in [1.807, 2.05) is 11.3 Å². The molecule has 0 bridgehead atoms. The van der Waals surface area contributed by atoms with Gasteiger partial charge in [0.1, 0.15) is 0 Å². The van der Waals surface area contributed by atoms with Crippen molar-refractivity contribution in [3.05, 3.63) is 322 Å². The van der Waals surface area contributed by atoms with E-state index in [9.17, 15) is 0 Å². The maximum atomic E-state index is 2.61. The molecule has 0 aliphatic heterocycles. The molecule has 0 fully saturated rings. The molecule has 10 aromatic carbocycles. The molecule has 1 aromatic heterocycles. The first-order chi connectivity index (χ1) is 35.7. The van der Waals surface area contributed by atoms with Gasteiger partial charge in [-0.3, -0.25) is 0 Å². The highest BCUT2D eigenvalue weighted by molar-refractivity contribution is 7.25. The lowest BCUT2D eigenvalue weighted by atomic mass is 9.52. The van der Waals surface area contributed by atoms with E-state index in [2.05, 4.69) is 272 Å². The molecule has 72 heavy (non-hydrogen) atoms. The van der Waals surface area contributed by atoms with Crippen molar-refractivity contribution in [2.75, 3.05) is 4.90 Å². The third-order valence-corrected chi connectivity index (χ3v) is 17.4. The predicted molar refractivity (Wildman–Crippen MR) is 302 cm³/mol. The molecule has 338 valence electrons. The van der Waals surface area contributed by atoms with Crippen LogP contribution in [0.5, 0.6) is 0 Å². The summed E-state index contributed by atoms with van der Waals surface area (Å²) >= 11 is 1.87. The number of para-hydroxylation sites is 2. The second kappa shape index (κ2) is 16.0. The molecule has 4 aliphatic carbocycles. The summed E-state index contributed by atoms with van der Waals surface area (Å²) in [6.45, 7) is 0. The molecule has 0 saturated carbocycles. The van der Waals surface area contributed by atoms with Gasteiger partial charge in [0.05, 0.1) is 10.8 Å². The van der Waals surface area contributed by atoms with Gasteiger partial charge in [0, 0.05) is 43.2 Å². The molecule has 1 nitrogen and oxygen atoms in total. The summed E-state index contributed by atoms with van der Waals surface area (Å²) in [5.41, 5.74) is 22.6. The maximum absolute atomic E-state index is 2.61. The quantitative estimate of drug-likeness (QED) is 0.161. The fourth-order valence-electron chi connectivity index (χ4n) is 13.3. The van der Waals surface area contributed by atoms with Gasteiger partial charge in [-0.05, 0) is 132 Å². The number of hydrogen-bond acceptors (Lipinski definition) is 2. The van der Waals surface area contributed by atoms with Gasteiger partial charge < -0.3 is 4.90 Å². The minimum Gasteiger partial charge on any atom is -0.310 e. The molecule has 4 aliphatic rings. The fraction of sp³-hybridized carbons (Fsp3) is 0.0571. The lowest BCUT2D eigenvalue weighted by molar-refractivity contribution is 0.630. The third kappa shape index (κ3) is 5.82. The second-order valence-electron chi connectivity index (χ2n) is 19.8. The van der Waals surface area contributed by atoms with Crippen molar-refractivity contribution < 1.29 is 0 Å². The van der Waals surface area contributed by atoms with E-state index in [4.69, 9.17) is 0 Å². The molecular formula is C70H47NS. The Labute approximate surface area is 424 Å². The van der Waals surface area contributed by atoms with Crippen molar-refractivity contribution >= 4 is 54.6 Å². The molecule has 1 heterocycles. The fourth-order valence-corrected chi connectivity index (χ4v) is 14.5. The van der Waals surface area contributed by atoms with Crippen molar-refractivity contribution in [2.24, 2.45) is 0 Å². The lowest BCUT2D eigenvalue weighted by Gasteiger charge is -2.49. The summed E-state index contributed by atoms with van der Waals surface area (Å²) in [6, 6.07) is 88.9. The van der Waals surface area contributed by atoms with Crippen molar-refractivity contribution in [3.8, 4) is 22.3 Å². The SMILES string of the molecule is C1=CC(c2ccc3c(c2)C2(c4ccccc4-c4ccccc42)c2ccccc2C32c3ccccc3-c3ccccc32)CC=C1/C=C/c1ccc2c(c1)sc1cc(N(c3ccccc3)c3ccccc3)ccc12. The third-order valence-electron chi connectivity index (χ3n) is 16.3. The maximum Gasteiger partial charge on any atom is 0.0720 e. The Balaban J connectivity index is 0.795. The van der Waals surface area contributed by atoms with Crippen LogP contribution in [0, 0.1) is 0 Å². The van der Waals surface area contributed by atoms with Gasteiger partial charge in [0.2, 0.25) is 0 Å². The number of rotatable bonds is 6. The molecule has 2 spiro atoms. The Bertz CT molecular complexity index is 3960. The van der Waals surface area contributed by atoms with E-state index in [1.54, 1.807) is 0 Å². The van der Waals surface area contributed by atoms with Gasteiger partial charge in [-0.2, -0.15) is 0 Å². The van der Waals surface area contributed by atoms with Crippen LogP contribution in [0.2, 0.25) is 0 Å². The van der Waals surface area contributed by atoms with Crippen LogP contribution < -0.4 is 4.90 Å². The standard InChI is InChI=1S/C70H47NS/c1-3-17-50(18-4-1)71(51-19-5-2-6-20-51)52-39-41-58-57-40-35-47(43-67(57)72-68(58)45-52)32-31-46-33-36-48(37-34-46)49-38-42-65-66(44-49)70(61-27-13-9-23-55(61)56-24-10-14-28-62(56)70)64-30-16-15-29-63(64)69(65)59-25-11-7-21-53(59)54-22-8-12-26-60(54)69/h1-36,38-45,48H,37H2/b32-31+. The topological polar surface area (TPSA) is 3.24 Å². The Morgan fingerprint density at radius 1 is 0.389 bits per heavy atom. The van der Waals surface area contributed by atoms with E-state index in [1.165, 1.54) is 104 Å². The minimum atomic E-state index is -0.489. The Kier molecular flexibility index (Phi) is 9.16. The van der Waals surface area contributed by atoms with E-state index >= 15 is 0 Å². The number of benzene rings is 10. The Morgan fingerprint density at radius 2 is 0.861 bits per heavy atom. The molecule has 2 heteroatoms. The molecule has 1 atom stereocenters. The van der Waals surface area contributed by atoms with Crippen LogP contribution in [0.25, 0.3) is 48.5 Å². The van der Waals surface area contributed by atoms with Crippen LogP contribution in [0.3, 0.4) is 0 Å². The number of hydrogen-bond donors (Lipinski definition) is 0. The highest BCUT2D eigenvalue weighted by atomic mass is 32.1. The zero-order valence-corrected chi connectivity index (χ0v) is 40.4. The number of fused-ring (bicyclic) bond motifs is 19. The lowest BCUT2D eigenvalue weighted by Crippen LogP contribution is -2.44. The summed E-state index contributed by atoms with van der Waals surface area (Å²) in [6.07, 6.45) is 12.7. The van der Waals surface area contributed by atoms with Crippen molar-refractivity contribution in [1.29, 1.82) is 0 Å². The zero-order valence-electron chi connectivity index (χ0n) is 39.5. The van der Waals surface area contributed by atoms with Gasteiger partial charge in [0.15, 0.2) is 0 Å². The monoisotopic (exact) mass is 933 g/mol. The molecule has 1 unspecified atom stereocenters. The average molecular weight is 934 g/mol. The van der Waals surface area contributed by atoms with E-state index < -0.39 is 10.8 Å². The normalized spacial score (nSPS) is 16.1. The number of thiophene rings is 1. The Morgan fingerprint density at radius 3 is 1.40 bits per heavy atom. The first-order valence-corrected chi connectivity index (χ1v) is 26.1. The van der Waals surface area contributed by atoms with Gasteiger partial charge >= 0.3 is 0 Å². The van der Waals surface area contributed by atoms with Crippen LogP contribution in [-0.2, 0) is 10.8 Å². The summed E-state index contributed by atoms with van der Waals surface area (Å²) in [5, 5.41) is 2.60. The van der Waals surface area contributed by atoms with Crippen LogP contribution in [0.1, 0.15) is 68.0 Å². The molecular weight excluding hydrogens is 887 g/mol. The van der Waals surface area contributed by atoms with Crippen LogP contribution in [0.4, 0.5) is 17.1 Å². The highest BCUT2D eigenvalue weighted by Crippen LogP contribution is 2.67. The molecule has 0 amide bonds. The van der Waals surface area contributed by atoms with Crippen molar-refractivity contribution in [2.45, 2.75) is 23.2 Å². The van der Waals surface area contributed by atoms with Crippen LogP contribution in [-0.4, -0.2) is 0 Å². The summed E-state index contributed by atoms with van der Waals surface area (Å²) < 4.78 is 2.59. The molecule has 15 rings (SSSR count).